The molecule has 1 aliphatic rings. The van der Waals surface area contributed by atoms with Crippen LogP contribution in [0, 0.1) is 0 Å². The first-order chi connectivity index (χ1) is 15.4. The molecule has 0 amide bonds. The van der Waals surface area contributed by atoms with Gasteiger partial charge < -0.3 is 9.30 Å². The zero-order valence-electron chi connectivity index (χ0n) is 18.6. The Labute approximate surface area is 193 Å². The predicted molar refractivity (Wildman–Crippen MR) is 128 cm³/mol. The van der Waals surface area contributed by atoms with Crippen LogP contribution in [0.25, 0.3) is 11.3 Å². The first kappa shape index (κ1) is 22.9. The normalized spacial score (nSPS) is 20.5. The standard InChI is InChI=1S/C24H29N3O3S2/c1-4-13-27-23(17-31-24(27)25-21-10-6-5-7-11-21)20-9-8-12-22(14-20)32(28,29)26-15-18(2)30-19(3)16-26/h5-12,14,17-19H,4,13,15-16H2,1-3H3/t18-,19-/m0/s1. The molecule has 1 fully saturated rings. The molecular weight excluding hydrogens is 442 g/mol. The van der Waals surface area contributed by atoms with E-state index in [4.69, 9.17) is 9.73 Å². The smallest absolute Gasteiger partial charge is 0.243 e. The van der Waals surface area contributed by atoms with Crippen LogP contribution in [0.4, 0.5) is 5.69 Å². The van der Waals surface area contributed by atoms with Crippen molar-refractivity contribution in [1.29, 1.82) is 0 Å². The Balaban J connectivity index is 1.73. The van der Waals surface area contributed by atoms with Crippen LogP contribution >= 0.6 is 11.3 Å². The van der Waals surface area contributed by atoms with Gasteiger partial charge in [-0.1, -0.05) is 37.3 Å². The fraction of sp³-hybridized carbons (Fsp3) is 0.375. The van der Waals surface area contributed by atoms with Crippen LogP contribution in [-0.2, 0) is 21.3 Å². The quantitative estimate of drug-likeness (QED) is 0.525. The van der Waals surface area contributed by atoms with E-state index in [9.17, 15) is 8.42 Å². The lowest BCUT2D eigenvalue weighted by Gasteiger charge is -2.34. The second kappa shape index (κ2) is 9.70. The van der Waals surface area contributed by atoms with E-state index >= 15 is 0 Å². The summed E-state index contributed by atoms with van der Waals surface area (Å²) in [5.74, 6) is 0. The monoisotopic (exact) mass is 471 g/mol. The van der Waals surface area contributed by atoms with E-state index in [1.807, 2.05) is 56.3 Å². The molecule has 2 aromatic carbocycles. The van der Waals surface area contributed by atoms with E-state index in [1.165, 1.54) is 4.31 Å². The van der Waals surface area contributed by atoms with E-state index in [1.54, 1.807) is 23.5 Å². The number of para-hydroxylation sites is 1. The van der Waals surface area contributed by atoms with Crippen molar-refractivity contribution in [3.8, 4) is 11.3 Å². The highest BCUT2D eigenvalue weighted by molar-refractivity contribution is 7.89. The molecular formula is C24H29N3O3S2. The molecule has 0 unspecified atom stereocenters. The van der Waals surface area contributed by atoms with Gasteiger partial charge in [-0.05, 0) is 44.5 Å². The fourth-order valence-corrected chi connectivity index (χ4v) is 6.59. The summed E-state index contributed by atoms with van der Waals surface area (Å²) in [5.41, 5.74) is 2.75. The number of hydrogen-bond donors (Lipinski definition) is 0. The zero-order chi connectivity index (χ0) is 22.7. The van der Waals surface area contributed by atoms with Gasteiger partial charge in [0.05, 0.1) is 28.5 Å². The van der Waals surface area contributed by atoms with Crippen molar-refractivity contribution in [3.63, 3.8) is 0 Å². The summed E-state index contributed by atoms with van der Waals surface area (Å²) < 4.78 is 36.2. The number of rotatable bonds is 6. The third-order valence-electron chi connectivity index (χ3n) is 5.38. The van der Waals surface area contributed by atoms with Crippen molar-refractivity contribution in [2.75, 3.05) is 13.1 Å². The van der Waals surface area contributed by atoms with Gasteiger partial charge in [0.15, 0.2) is 4.80 Å². The fourth-order valence-electron chi connectivity index (χ4n) is 3.99. The van der Waals surface area contributed by atoms with Crippen molar-refractivity contribution in [1.82, 2.24) is 8.87 Å². The number of aromatic nitrogens is 1. The molecule has 32 heavy (non-hydrogen) atoms. The van der Waals surface area contributed by atoms with Gasteiger partial charge in [-0.25, -0.2) is 13.4 Å². The molecule has 8 heteroatoms. The zero-order valence-corrected chi connectivity index (χ0v) is 20.3. The molecule has 1 saturated heterocycles. The average Bonchev–Trinajstić information content (AvgIpc) is 3.16. The molecule has 0 N–H and O–H groups in total. The van der Waals surface area contributed by atoms with Gasteiger partial charge in [0.25, 0.3) is 0 Å². The summed E-state index contributed by atoms with van der Waals surface area (Å²) in [4.78, 5) is 6.02. The molecule has 0 radical (unpaired) electrons. The third kappa shape index (κ3) is 4.88. The molecule has 0 bridgehead atoms. The Bertz CT molecular complexity index is 1220. The van der Waals surface area contributed by atoms with Gasteiger partial charge in [-0.3, -0.25) is 0 Å². The van der Waals surface area contributed by atoms with Gasteiger partial charge in [0.1, 0.15) is 0 Å². The second-order valence-corrected chi connectivity index (χ2v) is 10.9. The minimum Gasteiger partial charge on any atom is -0.373 e. The topological polar surface area (TPSA) is 63.9 Å². The van der Waals surface area contributed by atoms with E-state index < -0.39 is 10.0 Å². The van der Waals surface area contributed by atoms with Gasteiger partial charge in [-0.2, -0.15) is 4.31 Å². The van der Waals surface area contributed by atoms with Crippen molar-refractivity contribution in [2.45, 2.75) is 50.8 Å². The van der Waals surface area contributed by atoms with Crippen LogP contribution in [0.2, 0.25) is 0 Å². The van der Waals surface area contributed by atoms with E-state index in [0.717, 1.165) is 34.7 Å². The average molecular weight is 472 g/mol. The maximum atomic E-state index is 13.4. The van der Waals surface area contributed by atoms with E-state index in [-0.39, 0.29) is 12.2 Å². The lowest BCUT2D eigenvalue weighted by atomic mass is 10.2. The maximum absolute atomic E-state index is 13.4. The minimum atomic E-state index is -3.60. The van der Waals surface area contributed by atoms with Gasteiger partial charge in [-0.15, -0.1) is 11.3 Å². The van der Waals surface area contributed by atoms with Crippen molar-refractivity contribution in [3.05, 3.63) is 64.8 Å². The maximum Gasteiger partial charge on any atom is 0.243 e. The summed E-state index contributed by atoms with van der Waals surface area (Å²) in [6, 6.07) is 17.1. The summed E-state index contributed by atoms with van der Waals surface area (Å²) in [6.07, 6.45) is 0.706. The minimum absolute atomic E-state index is 0.123. The number of sulfonamides is 1. The molecule has 1 aromatic heterocycles. The Morgan fingerprint density at radius 2 is 1.78 bits per heavy atom. The van der Waals surface area contributed by atoms with Gasteiger partial charge in [0, 0.05) is 30.6 Å². The highest BCUT2D eigenvalue weighted by Gasteiger charge is 2.32. The molecule has 4 rings (SSSR count). The number of morpholine rings is 1. The highest BCUT2D eigenvalue weighted by Crippen LogP contribution is 2.27. The number of ether oxygens (including phenoxy) is 1. The Kier molecular flexibility index (Phi) is 6.95. The first-order valence-corrected chi connectivity index (χ1v) is 13.2. The summed E-state index contributed by atoms with van der Waals surface area (Å²) in [6.45, 7) is 7.48. The molecule has 3 aromatic rings. The molecule has 0 spiro atoms. The number of nitrogens with zero attached hydrogens (tertiary/aromatic N) is 3. The van der Waals surface area contributed by atoms with Crippen LogP contribution in [0.5, 0.6) is 0 Å². The van der Waals surface area contributed by atoms with E-state index in [2.05, 4.69) is 16.9 Å². The molecule has 0 saturated carbocycles. The summed E-state index contributed by atoms with van der Waals surface area (Å²) in [7, 11) is -3.60. The molecule has 2 heterocycles. The van der Waals surface area contributed by atoms with Gasteiger partial charge >= 0.3 is 0 Å². The summed E-state index contributed by atoms with van der Waals surface area (Å²) in [5, 5.41) is 2.06. The van der Waals surface area contributed by atoms with Crippen molar-refractivity contribution >= 4 is 27.0 Å². The van der Waals surface area contributed by atoms with Gasteiger partial charge in [0.2, 0.25) is 10.0 Å². The van der Waals surface area contributed by atoms with Crippen LogP contribution in [0.3, 0.4) is 0 Å². The Morgan fingerprint density at radius 1 is 1.06 bits per heavy atom. The molecule has 2 atom stereocenters. The van der Waals surface area contributed by atoms with Crippen molar-refractivity contribution < 1.29 is 13.2 Å². The predicted octanol–water partition coefficient (Wildman–Crippen LogP) is 4.66. The van der Waals surface area contributed by atoms with E-state index in [0.29, 0.717) is 18.0 Å². The molecule has 170 valence electrons. The SMILES string of the molecule is CCCn1c(-c2cccc(S(=O)(=O)N3C[C@H](C)O[C@@H](C)C3)c2)csc1=Nc1ccccc1. The van der Waals surface area contributed by atoms with Crippen LogP contribution in [0.15, 0.2) is 69.9 Å². The lowest BCUT2D eigenvalue weighted by molar-refractivity contribution is -0.0440. The first-order valence-electron chi connectivity index (χ1n) is 10.9. The highest BCUT2D eigenvalue weighted by atomic mass is 32.2. The van der Waals surface area contributed by atoms with Crippen LogP contribution in [0.1, 0.15) is 27.2 Å². The van der Waals surface area contributed by atoms with Crippen LogP contribution in [-0.4, -0.2) is 42.6 Å². The molecule has 0 aliphatic carbocycles. The number of benzene rings is 2. The third-order valence-corrected chi connectivity index (χ3v) is 8.07. The number of thiazole rings is 1. The van der Waals surface area contributed by atoms with Crippen LogP contribution < -0.4 is 4.80 Å². The lowest BCUT2D eigenvalue weighted by Crippen LogP contribution is -2.48. The van der Waals surface area contributed by atoms with Crippen molar-refractivity contribution in [2.24, 2.45) is 4.99 Å². The second-order valence-electron chi connectivity index (χ2n) is 8.11. The largest absolute Gasteiger partial charge is 0.373 e. The Hall–Kier alpha value is -2.26. The Morgan fingerprint density at radius 3 is 2.47 bits per heavy atom. The number of hydrogen-bond acceptors (Lipinski definition) is 5. The molecule has 6 nitrogen and oxygen atoms in total. The summed E-state index contributed by atoms with van der Waals surface area (Å²) >= 11 is 1.57. The molecule has 1 aliphatic heterocycles.